The minimum absolute atomic E-state index is 0.0832. The van der Waals surface area contributed by atoms with Crippen LogP contribution < -0.4 is 0 Å². The van der Waals surface area contributed by atoms with E-state index in [4.69, 9.17) is 5.11 Å². The Morgan fingerprint density at radius 2 is 1.55 bits per heavy atom. The first-order chi connectivity index (χ1) is 14.8. The fourth-order valence-corrected chi connectivity index (χ4v) is 4.38. The van der Waals surface area contributed by atoms with Crippen molar-refractivity contribution in [3.8, 4) is 16.9 Å². The van der Waals surface area contributed by atoms with Crippen molar-refractivity contribution < 1.29 is 22.7 Å². The van der Waals surface area contributed by atoms with Crippen molar-refractivity contribution in [3.05, 3.63) is 89.7 Å². The smallest absolute Gasteiger partial charge is 0.335 e. The van der Waals surface area contributed by atoms with Crippen molar-refractivity contribution in [2.75, 3.05) is 0 Å². The Bertz CT molecular complexity index is 1360. The summed E-state index contributed by atoms with van der Waals surface area (Å²) in [5.74, 6) is -1.64. The van der Waals surface area contributed by atoms with Crippen LogP contribution in [0.5, 0.6) is 0 Å². The quantitative estimate of drug-likeness (QED) is 0.475. The predicted molar refractivity (Wildman–Crippen MR) is 110 cm³/mol. The molecule has 0 fully saturated rings. The summed E-state index contributed by atoms with van der Waals surface area (Å²) in [6.45, 7) is 1.90. The number of carboxylic acid groups (broad SMARTS) is 1. The molecule has 1 aromatic heterocycles. The summed E-state index contributed by atoms with van der Waals surface area (Å²) >= 11 is 0. The number of aryl methyl sites for hydroxylation is 1. The Balaban J connectivity index is 1.93. The van der Waals surface area contributed by atoms with Crippen molar-refractivity contribution in [1.82, 2.24) is 15.0 Å². The van der Waals surface area contributed by atoms with E-state index in [0.717, 1.165) is 17.7 Å². The highest BCUT2D eigenvalue weighted by atomic mass is 32.2. The minimum Gasteiger partial charge on any atom is -0.478 e. The molecule has 1 heterocycles. The number of sulfone groups is 1. The van der Waals surface area contributed by atoms with Crippen molar-refractivity contribution in [2.45, 2.75) is 16.8 Å². The first-order valence-corrected chi connectivity index (χ1v) is 10.6. The molecule has 4 rings (SSSR count). The number of halogens is 1. The molecule has 0 radical (unpaired) electrons. The van der Waals surface area contributed by atoms with Crippen molar-refractivity contribution in [2.24, 2.45) is 0 Å². The summed E-state index contributed by atoms with van der Waals surface area (Å²) in [6, 6.07) is 17.4. The fourth-order valence-electron chi connectivity index (χ4n) is 3.06. The molecule has 7 nitrogen and oxygen atoms in total. The first kappa shape index (κ1) is 20.4. The van der Waals surface area contributed by atoms with Gasteiger partial charge in [0.2, 0.25) is 14.9 Å². The van der Waals surface area contributed by atoms with E-state index in [9.17, 15) is 17.6 Å². The van der Waals surface area contributed by atoms with Gasteiger partial charge in [0.15, 0.2) is 0 Å². The van der Waals surface area contributed by atoms with Gasteiger partial charge in [-0.3, -0.25) is 0 Å². The van der Waals surface area contributed by atoms with Crippen LogP contribution >= 0.6 is 0 Å². The van der Waals surface area contributed by atoms with Crippen LogP contribution in [0.1, 0.15) is 15.9 Å². The van der Waals surface area contributed by atoms with Crippen LogP contribution in [-0.4, -0.2) is 34.5 Å². The van der Waals surface area contributed by atoms with E-state index >= 15 is 0 Å². The molecule has 0 unspecified atom stereocenters. The third-order valence-corrected chi connectivity index (χ3v) is 6.38. The maximum atomic E-state index is 13.3. The predicted octanol–water partition coefficient (Wildman–Crippen LogP) is 3.91. The number of hydrogen-bond donors (Lipinski definition) is 1. The summed E-state index contributed by atoms with van der Waals surface area (Å²) in [5, 5.41) is 16.8. The molecule has 156 valence electrons. The van der Waals surface area contributed by atoms with Crippen LogP contribution in [0.4, 0.5) is 4.39 Å². The van der Waals surface area contributed by atoms with Gasteiger partial charge in [-0.1, -0.05) is 35.0 Å². The van der Waals surface area contributed by atoms with Gasteiger partial charge in [-0.05, 0) is 55.5 Å². The fraction of sp³-hybridized carbons (Fsp3) is 0.0455. The molecule has 0 amide bonds. The van der Waals surface area contributed by atoms with Crippen molar-refractivity contribution >= 4 is 15.8 Å². The lowest BCUT2D eigenvalue weighted by atomic mass is 10.1. The molecule has 0 spiro atoms. The minimum atomic E-state index is -4.11. The lowest BCUT2D eigenvalue weighted by Crippen LogP contribution is -2.06. The Morgan fingerprint density at radius 3 is 2.13 bits per heavy atom. The standard InChI is InChI=1S/C22H16FN3O4S/c1-14-2-4-15(5-3-14)20-21(31(29,30)19-12-8-17(23)9-13-19)24-25-26(20)18-10-6-16(7-11-18)22(27)28/h2-13H,1H3,(H,27,28). The monoisotopic (exact) mass is 437 g/mol. The van der Waals surface area contributed by atoms with Crippen molar-refractivity contribution in [3.63, 3.8) is 0 Å². The number of rotatable bonds is 5. The van der Waals surface area contributed by atoms with E-state index in [2.05, 4.69) is 10.3 Å². The van der Waals surface area contributed by atoms with Crippen LogP contribution in [0.3, 0.4) is 0 Å². The SMILES string of the molecule is Cc1ccc(-c2c(S(=O)(=O)c3ccc(F)cc3)nnn2-c2ccc(C(=O)O)cc2)cc1. The van der Waals surface area contributed by atoms with E-state index in [1.807, 2.05) is 19.1 Å². The van der Waals surface area contributed by atoms with E-state index in [-0.39, 0.29) is 21.2 Å². The molecule has 0 bridgehead atoms. The van der Waals surface area contributed by atoms with Crippen LogP contribution in [-0.2, 0) is 9.84 Å². The highest BCUT2D eigenvalue weighted by molar-refractivity contribution is 7.91. The summed E-state index contributed by atoms with van der Waals surface area (Å²) in [5.41, 5.74) is 2.27. The van der Waals surface area contributed by atoms with Crippen LogP contribution in [0.25, 0.3) is 16.9 Å². The van der Waals surface area contributed by atoms with Crippen LogP contribution in [0, 0.1) is 12.7 Å². The zero-order valence-electron chi connectivity index (χ0n) is 16.2. The molecular weight excluding hydrogens is 421 g/mol. The van der Waals surface area contributed by atoms with E-state index < -0.39 is 21.6 Å². The van der Waals surface area contributed by atoms with Gasteiger partial charge in [0, 0.05) is 5.56 Å². The molecule has 0 saturated heterocycles. The third-order valence-electron chi connectivity index (χ3n) is 4.70. The summed E-state index contributed by atoms with van der Waals surface area (Å²) in [7, 11) is -4.11. The molecule has 0 aliphatic rings. The van der Waals surface area contributed by atoms with E-state index in [1.165, 1.54) is 41.1 Å². The normalized spacial score (nSPS) is 11.4. The summed E-state index contributed by atoms with van der Waals surface area (Å²) in [4.78, 5) is 11.0. The second-order valence-corrected chi connectivity index (χ2v) is 8.70. The number of carbonyl (C=O) groups is 1. The summed E-state index contributed by atoms with van der Waals surface area (Å²) < 4.78 is 41.2. The molecule has 1 N–H and O–H groups in total. The Kier molecular flexibility index (Phi) is 5.12. The molecule has 4 aromatic rings. The number of aromatic nitrogens is 3. The largest absolute Gasteiger partial charge is 0.478 e. The Hall–Kier alpha value is -3.85. The zero-order valence-corrected chi connectivity index (χ0v) is 17.0. The Morgan fingerprint density at radius 1 is 0.935 bits per heavy atom. The maximum absolute atomic E-state index is 13.3. The highest BCUT2D eigenvalue weighted by Gasteiger charge is 2.29. The van der Waals surface area contributed by atoms with Gasteiger partial charge >= 0.3 is 5.97 Å². The lowest BCUT2D eigenvalue weighted by molar-refractivity contribution is 0.0697. The average Bonchev–Trinajstić information content (AvgIpc) is 3.21. The summed E-state index contributed by atoms with van der Waals surface area (Å²) in [6.07, 6.45) is 0. The van der Waals surface area contributed by atoms with Gasteiger partial charge in [0.1, 0.15) is 11.5 Å². The second-order valence-electron chi connectivity index (χ2n) is 6.83. The first-order valence-electron chi connectivity index (χ1n) is 9.14. The van der Waals surface area contributed by atoms with Gasteiger partial charge in [-0.25, -0.2) is 22.3 Å². The molecule has 31 heavy (non-hydrogen) atoms. The number of benzene rings is 3. The topological polar surface area (TPSA) is 102 Å². The number of hydrogen-bond acceptors (Lipinski definition) is 5. The molecule has 0 atom stereocenters. The van der Waals surface area contributed by atoms with Gasteiger partial charge in [0.05, 0.1) is 16.1 Å². The van der Waals surface area contributed by atoms with Gasteiger partial charge in [0.25, 0.3) is 0 Å². The lowest BCUT2D eigenvalue weighted by Gasteiger charge is -2.10. The van der Waals surface area contributed by atoms with Crippen LogP contribution in [0.2, 0.25) is 0 Å². The zero-order chi connectivity index (χ0) is 22.2. The maximum Gasteiger partial charge on any atom is 0.335 e. The van der Waals surface area contributed by atoms with Gasteiger partial charge in [-0.15, -0.1) is 5.10 Å². The number of aromatic carboxylic acids is 1. The highest BCUT2D eigenvalue weighted by Crippen LogP contribution is 2.32. The van der Waals surface area contributed by atoms with E-state index in [1.54, 1.807) is 12.1 Å². The number of nitrogens with zero attached hydrogens (tertiary/aromatic N) is 3. The molecule has 3 aromatic carbocycles. The van der Waals surface area contributed by atoms with E-state index in [0.29, 0.717) is 11.3 Å². The van der Waals surface area contributed by atoms with Crippen LogP contribution in [0.15, 0.2) is 82.7 Å². The Labute approximate surface area is 177 Å². The molecule has 0 aliphatic carbocycles. The van der Waals surface area contributed by atoms with Gasteiger partial charge < -0.3 is 5.11 Å². The van der Waals surface area contributed by atoms with Gasteiger partial charge in [-0.2, -0.15) is 0 Å². The van der Waals surface area contributed by atoms with Crippen molar-refractivity contribution in [1.29, 1.82) is 0 Å². The molecule has 9 heteroatoms. The average molecular weight is 437 g/mol. The third kappa shape index (κ3) is 3.82. The second kappa shape index (κ2) is 7.77. The molecular formula is C22H16FN3O4S. The molecule has 0 saturated carbocycles. The molecule has 0 aliphatic heterocycles. The number of carboxylic acids is 1.